The van der Waals surface area contributed by atoms with E-state index in [-0.39, 0.29) is 17.9 Å². The molecule has 4 amide bonds. The number of carbonyl (C=O) groups excluding carboxylic acids is 3. The number of hydrogen-bond donors (Lipinski definition) is 1. The Kier molecular flexibility index (Phi) is 8.55. The number of amides is 4. The first-order chi connectivity index (χ1) is 20.3. The molecule has 1 aliphatic rings. The van der Waals surface area contributed by atoms with Crippen LogP contribution in [0.15, 0.2) is 96.6 Å². The number of barbiturate groups is 1. The van der Waals surface area contributed by atoms with Crippen molar-refractivity contribution in [3.8, 4) is 17.2 Å². The number of nitrogens with one attached hydrogen (secondary N) is 1. The van der Waals surface area contributed by atoms with Gasteiger partial charge in [-0.1, -0.05) is 53.6 Å². The average Bonchev–Trinajstić information content (AvgIpc) is 2.99. The van der Waals surface area contributed by atoms with Crippen LogP contribution in [-0.4, -0.2) is 25.0 Å². The molecule has 0 unspecified atom stereocenters. The molecule has 0 bridgehead atoms. The molecule has 8 nitrogen and oxygen atoms in total. The van der Waals surface area contributed by atoms with E-state index in [9.17, 15) is 14.4 Å². The fourth-order valence-electron chi connectivity index (χ4n) is 4.22. The van der Waals surface area contributed by atoms with Gasteiger partial charge < -0.3 is 14.2 Å². The number of imide groups is 2. The van der Waals surface area contributed by atoms with Crippen LogP contribution in [0.2, 0.25) is 5.02 Å². The monoisotopic (exact) mass is 582 g/mol. The number of carbonyl (C=O) groups is 3. The minimum Gasteiger partial charge on any atom is -0.497 e. The van der Waals surface area contributed by atoms with Crippen molar-refractivity contribution in [2.24, 2.45) is 0 Å². The maximum atomic E-state index is 13.5. The van der Waals surface area contributed by atoms with E-state index in [1.807, 2.05) is 43.3 Å². The molecule has 1 aliphatic heterocycles. The van der Waals surface area contributed by atoms with Crippen molar-refractivity contribution in [3.05, 3.63) is 124 Å². The summed E-state index contributed by atoms with van der Waals surface area (Å²) in [5.74, 6) is -0.0679. The first-order valence-electron chi connectivity index (χ1n) is 13.1. The molecular weight excluding hydrogens is 556 g/mol. The Morgan fingerprint density at radius 3 is 2.07 bits per heavy atom. The van der Waals surface area contributed by atoms with Crippen LogP contribution in [0.25, 0.3) is 6.08 Å². The van der Waals surface area contributed by atoms with Gasteiger partial charge in [-0.25, -0.2) is 9.69 Å². The third-order valence-electron chi connectivity index (χ3n) is 6.55. The van der Waals surface area contributed by atoms with Crippen LogP contribution in [0, 0.1) is 6.92 Å². The molecule has 0 aromatic heterocycles. The van der Waals surface area contributed by atoms with Gasteiger partial charge in [-0.15, -0.1) is 0 Å². The van der Waals surface area contributed by atoms with Gasteiger partial charge in [-0.2, -0.15) is 0 Å². The highest BCUT2D eigenvalue weighted by molar-refractivity contribution is 6.39. The van der Waals surface area contributed by atoms with Crippen LogP contribution in [0.5, 0.6) is 17.2 Å². The van der Waals surface area contributed by atoms with Crippen molar-refractivity contribution in [2.75, 3.05) is 12.0 Å². The smallest absolute Gasteiger partial charge is 0.335 e. The zero-order chi connectivity index (χ0) is 29.6. The van der Waals surface area contributed by atoms with Crippen molar-refractivity contribution >= 4 is 41.2 Å². The van der Waals surface area contributed by atoms with Crippen LogP contribution in [-0.2, 0) is 22.8 Å². The van der Waals surface area contributed by atoms with E-state index in [2.05, 4.69) is 5.32 Å². The molecule has 1 saturated heterocycles. The van der Waals surface area contributed by atoms with Crippen LogP contribution < -0.4 is 24.4 Å². The number of aryl methyl sites for hydroxylation is 1. The molecular formula is C33H27ClN2O6. The molecule has 4 aromatic carbocycles. The molecule has 4 aromatic rings. The summed E-state index contributed by atoms with van der Waals surface area (Å²) in [4.78, 5) is 39.9. The zero-order valence-corrected chi connectivity index (χ0v) is 23.7. The van der Waals surface area contributed by atoms with Gasteiger partial charge in [0, 0.05) is 16.7 Å². The van der Waals surface area contributed by atoms with Gasteiger partial charge >= 0.3 is 6.03 Å². The SMILES string of the molecule is COc1ccc(/C=C2\C(=O)NC(=O)N(c3ccc(OCc4ccc(Cl)cc4)cc3)C2=O)c(OCc2ccc(C)cc2)c1. The van der Waals surface area contributed by atoms with Crippen LogP contribution >= 0.6 is 11.6 Å². The highest BCUT2D eigenvalue weighted by atomic mass is 35.5. The standard InChI is InChI=1S/C33H27ClN2O6/c1-21-3-5-22(6-4-21)20-42-30-18-28(40-2)14-9-24(30)17-29-31(37)35-33(39)36(32(29)38)26-12-15-27(16-13-26)41-19-23-7-10-25(34)11-8-23/h3-18H,19-20H2,1-2H3,(H,35,37,39)/b29-17+. The Hall–Kier alpha value is -5.08. The lowest BCUT2D eigenvalue weighted by atomic mass is 10.1. The maximum Gasteiger partial charge on any atom is 0.335 e. The molecule has 0 spiro atoms. The second-order valence-corrected chi connectivity index (χ2v) is 9.98. The van der Waals surface area contributed by atoms with Gasteiger partial charge in [0.05, 0.1) is 12.8 Å². The van der Waals surface area contributed by atoms with Gasteiger partial charge in [0.15, 0.2) is 0 Å². The van der Waals surface area contributed by atoms with E-state index in [0.717, 1.165) is 21.6 Å². The number of nitrogens with zero attached hydrogens (tertiary/aromatic N) is 1. The summed E-state index contributed by atoms with van der Waals surface area (Å²) in [5.41, 5.74) is 3.55. The lowest BCUT2D eigenvalue weighted by Crippen LogP contribution is -2.54. The number of hydrogen-bond acceptors (Lipinski definition) is 6. The molecule has 9 heteroatoms. The minimum absolute atomic E-state index is 0.219. The van der Waals surface area contributed by atoms with Crippen molar-refractivity contribution in [1.82, 2.24) is 5.32 Å². The van der Waals surface area contributed by atoms with Gasteiger partial charge in [-0.3, -0.25) is 14.9 Å². The van der Waals surface area contributed by atoms with Crippen LogP contribution in [0.3, 0.4) is 0 Å². The Balaban J connectivity index is 1.36. The number of benzene rings is 4. The van der Waals surface area contributed by atoms with Gasteiger partial charge in [-0.05, 0) is 72.7 Å². The molecule has 1 heterocycles. The summed E-state index contributed by atoms with van der Waals surface area (Å²) in [6.07, 6.45) is 1.41. The number of urea groups is 1. The van der Waals surface area contributed by atoms with Crippen molar-refractivity contribution < 1.29 is 28.6 Å². The fourth-order valence-corrected chi connectivity index (χ4v) is 4.34. The Labute approximate surface area is 248 Å². The van der Waals surface area contributed by atoms with E-state index in [1.165, 1.54) is 13.2 Å². The van der Waals surface area contributed by atoms with Gasteiger partial charge in [0.25, 0.3) is 11.8 Å². The van der Waals surface area contributed by atoms with Crippen molar-refractivity contribution in [3.63, 3.8) is 0 Å². The number of halogens is 1. The number of rotatable bonds is 9. The zero-order valence-electron chi connectivity index (χ0n) is 22.9. The number of ether oxygens (including phenoxy) is 3. The maximum absolute atomic E-state index is 13.5. The van der Waals surface area contributed by atoms with Gasteiger partial charge in [0.1, 0.15) is 36.0 Å². The third-order valence-corrected chi connectivity index (χ3v) is 6.80. The Morgan fingerprint density at radius 1 is 0.786 bits per heavy atom. The average molecular weight is 583 g/mol. The normalized spacial score (nSPS) is 14.1. The summed E-state index contributed by atoms with van der Waals surface area (Å²) < 4.78 is 17.2. The molecule has 42 heavy (non-hydrogen) atoms. The second kappa shape index (κ2) is 12.6. The van der Waals surface area contributed by atoms with Crippen LogP contribution in [0.4, 0.5) is 10.5 Å². The molecule has 0 atom stereocenters. The predicted molar refractivity (Wildman–Crippen MR) is 160 cm³/mol. The Bertz CT molecular complexity index is 1650. The first kappa shape index (κ1) is 28.4. The van der Waals surface area contributed by atoms with Crippen molar-refractivity contribution in [1.29, 1.82) is 0 Å². The first-order valence-corrected chi connectivity index (χ1v) is 13.4. The highest BCUT2D eigenvalue weighted by Crippen LogP contribution is 2.30. The number of methoxy groups -OCH3 is 1. The molecule has 1 fully saturated rings. The predicted octanol–water partition coefficient (Wildman–Crippen LogP) is 6.48. The van der Waals surface area contributed by atoms with Crippen LogP contribution in [0.1, 0.15) is 22.3 Å². The second-order valence-electron chi connectivity index (χ2n) is 9.54. The molecule has 1 N–H and O–H groups in total. The largest absolute Gasteiger partial charge is 0.497 e. The fraction of sp³-hybridized carbons (Fsp3) is 0.121. The number of anilines is 1. The van der Waals surface area contributed by atoms with E-state index in [4.69, 9.17) is 25.8 Å². The molecule has 0 aliphatic carbocycles. The highest BCUT2D eigenvalue weighted by Gasteiger charge is 2.37. The summed E-state index contributed by atoms with van der Waals surface area (Å²) in [7, 11) is 1.53. The summed E-state index contributed by atoms with van der Waals surface area (Å²) in [5, 5.41) is 2.89. The quantitative estimate of drug-likeness (QED) is 0.179. The van der Waals surface area contributed by atoms with Crippen molar-refractivity contribution in [2.45, 2.75) is 20.1 Å². The van der Waals surface area contributed by atoms with E-state index in [1.54, 1.807) is 54.6 Å². The summed E-state index contributed by atoms with van der Waals surface area (Å²) in [6.45, 7) is 2.58. The Morgan fingerprint density at radius 2 is 1.40 bits per heavy atom. The van der Waals surface area contributed by atoms with E-state index < -0.39 is 17.8 Å². The molecule has 212 valence electrons. The third kappa shape index (κ3) is 6.62. The minimum atomic E-state index is -0.845. The van der Waals surface area contributed by atoms with E-state index >= 15 is 0 Å². The van der Waals surface area contributed by atoms with E-state index in [0.29, 0.717) is 34.4 Å². The topological polar surface area (TPSA) is 94.2 Å². The molecule has 5 rings (SSSR count). The lowest BCUT2D eigenvalue weighted by Gasteiger charge is -2.26. The molecule has 0 radical (unpaired) electrons. The lowest BCUT2D eigenvalue weighted by molar-refractivity contribution is -0.122. The van der Waals surface area contributed by atoms with Gasteiger partial charge in [0.2, 0.25) is 0 Å². The summed E-state index contributed by atoms with van der Waals surface area (Å²) >= 11 is 5.93. The summed E-state index contributed by atoms with van der Waals surface area (Å²) in [6, 6.07) is 25.8. The molecule has 0 saturated carbocycles.